The first kappa shape index (κ1) is 17.0. The van der Waals surface area contributed by atoms with Gasteiger partial charge in [-0.3, -0.25) is 0 Å². The molecule has 0 amide bonds. The molecule has 0 saturated carbocycles. The lowest BCUT2D eigenvalue weighted by atomic mass is 9.89. The van der Waals surface area contributed by atoms with Gasteiger partial charge in [-0.25, -0.2) is 4.98 Å². The fourth-order valence-corrected chi connectivity index (χ4v) is 3.50. The average Bonchev–Trinajstić information content (AvgIpc) is 3.05. The Labute approximate surface area is 160 Å². The highest BCUT2D eigenvalue weighted by atomic mass is 79.9. The first-order valence-electron chi connectivity index (χ1n) is 8.41. The Morgan fingerprint density at radius 2 is 1.69 bits per heavy atom. The summed E-state index contributed by atoms with van der Waals surface area (Å²) in [6, 6.07) is 21.6. The molecule has 1 heterocycles. The molecule has 26 heavy (non-hydrogen) atoms. The summed E-state index contributed by atoms with van der Waals surface area (Å²) in [4.78, 5) is 4.64. The molecule has 0 aliphatic heterocycles. The van der Waals surface area contributed by atoms with Gasteiger partial charge in [0.15, 0.2) is 5.58 Å². The third kappa shape index (κ3) is 3.06. The predicted octanol–water partition coefficient (Wildman–Crippen LogP) is 6.15. The number of rotatable bonds is 3. The van der Waals surface area contributed by atoms with Gasteiger partial charge in [-0.05, 0) is 55.3 Å². The maximum atomic E-state index is 10.6. The van der Waals surface area contributed by atoms with Crippen LogP contribution in [-0.4, -0.2) is 10.1 Å². The third-order valence-electron chi connectivity index (χ3n) is 4.37. The predicted molar refractivity (Wildman–Crippen MR) is 108 cm³/mol. The molecule has 4 rings (SSSR count). The van der Waals surface area contributed by atoms with Gasteiger partial charge >= 0.3 is 0 Å². The standard InChI is InChI=1S/C22H18BrNO2/c1-22(2,25)18-12-11-15(23)13-17(18)16-9-6-10-19-20(16)26-21(24-19)14-7-4-3-5-8-14/h3-13,25H,1-2H3. The summed E-state index contributed by atoms with van der Waals surface area (Å²) in [5.74, 6) is 0.591. The van der Waals surface area contributed by atoms with Crippen molar-refractivity contribution in [2.24, 2.45) is 0 Å². The number of hydrogen-bond acceptors (Lipinski definition) is 3. The normalized spacial score (nSPS) is 11.8. The van der Waals surface area contributed by atoms with E-state index in [1.165, 1.54) is 0 Å². The molecule has 3 aromatic carbocycles. The zero-order valence-electron chi connectivity index (χ0n) is 14.5. The molecular formula is C22H18BrNO2. The second kappa shape index (κ2) is 6.38. The van der Waals surface area contributed by atoms with E-state index in [0.717, 1.165) is 37.8 Å². The zero-order chi connectivity index (χ0) is 18.3. The fourth-order valence-electron chi connectivity index (χ4n) is 3.14. The van der Waals surface area contributed by atoms with Gasteiger partial charge in [0.2, 0.25) is 5.89 Å². The van der Waals surface area contributed by atoms with Gasteiger partial charge in [0.05, 0.1) is 5.60 Å². The van der Waals surface area contributed by atoms with Crippen LogP contribution in [0.1, 0.15) is 19.4 Å². The Morgan fingerprint density at radius 1 is 0.923 bits per heavy atom. The Balaban J connectivity index is 1.97. The van der Waals surface area contributed by atoms with Crippen LogP contribution >= 0.6 is 15.9 Å². The molecule has 4 heteroatoms. The van der Waals surface area contributed by atoms with Crippen LogP contribution in [0.15, 0.2) is 75.6 Å². The number of halogens is 1. The lowest BCUT2D eigenvalue weighted by Gasteiger charge is -2.22. The van der Waals surface area contributed by atoms with Crippen molar-refractivity contribution in [3.8, 4) is 22.6 Å². The highest BCUT2D eigenvalue weighted by Crippen LogP contribution is 2.38. The van der Waals surface area contributed by atoms with E-state index in [4.69, 9.17) is 4.42 Å². The number of oxazole rings is 1. The quantitative estimate of drug-likeness (QED) is 0.442. The SMILES string of the molecule is CC(C)(O)c1ccc(Br)cc1-c1cccc2nc(-c3ccccc3)oc12. The Bertz CT molecular complexity index is 1080. The number of fused-ring (bicyclic) bond motifs is 1. The first-order valence-corrected chi connectivity index (χ1v) is 9.20. The van der Waals surface area contributed by atoms with E-state index in [1.54, 1.807) is 13.8 Å². The third-order valence-corrected chi connectivity index (χ3v) is 4.86. The summed E-state index contributed by atoms with van der Waals surface area (Å²) in [7, 11) is 0. The number of benzene rings is 3. The van der Waals surface area contributed by atoms with E-state index in [0.29, 0.717) is 5.89 Å². The second-order valence-electron chi connectivity index (χ2n) is 6.79. The van der Waals surface area contributed by atoms with Crippen LogP contribution in [0.5, 0.6) is 0 Å². The van der Waals surface area contributed by atoms with Crippen LogP contribution in [0.25, 0.3) is 33.7 Å². The van der Waals surface area contributed by atoms with Crippen LogP contribution < -0.4 is 0 Å². The van der Waals surface area contributed by atoms with Crippen molar-refractivity contribution in [2.75, 3.05) is 0 Å². The molecule has 0 atom stereocenters. The van der Waals surface area contributed by atoms with Crippen molar-refractivity contribution in [3.05, 3.63) is 76.8 Å². The molecule has 0 aliphatic rings. The molecule has 0 spiro atoms. The summed E-state index contributed by atoms with van der Waals surface area (Å²) >= 11 is 3.54. The van der Waals surface area contributed by atoms with E-state index >= 15 is 0 Å². The highest BCUT2D eigenvalue weighted by molar-refractivity contribution is 9.10. The second-order valence-corrected chi connectivity index (χ2v) is 7.70. The number of aliphatic hydroxyl groups is 1. The first-order chi connectivity index (χ1) is 12.4. The topological polar surface area (TPSA) is 46.3 Å². The lowest BCUT2D eigenvalue weighted by molar-refractivity contribution is 0.0792. The highest BCUT2D eigenvalue weighted by Gasteiger charge is 2.23. The Kier molecular flexibility index (Phi) is 4.17. The molecule has 0 bridgehead atoms. The summed E-state index contributed by atoms with van der Waals surface area (Å²) in [6.07, 6.45) is 0. The van der Waals surface area contributed by atoms with Crippen molar-refractivity contribution in [1.29, 1.82) is 0 Å². The lowest BCUT2D eigenvalue weighted by Crippen LogP contribution is -2.16. The molecule has 1 N–H and O–H groups in total. The van der Waals surface area contributed by atoms with Crippen molar-refractivity contribution < 1.29 is 9.52 Å². The largest absolute Gasteiger partial charge is 0.435 e. The van der Waals surface area contributed by atoms with Crippen LogP contribution in [-0.2, 0) is 5.60 Å². The van der Waals surface area contributed by atoms with Crippen molar-refractivity contribution in [2.45, 2.75) is 19.4 Å². The van der Waals surface area contributed by atoms with Crippen LogP contribution in [0.4, 0.5) is 0 Å². The van der Waals surface area contributed by atoms with Gasteiger partial charge in [-0.2, -0.15) is 0 Å². The van der Waals surface area contributed by atoms with Crippen LogP contribution in [0, 0.1) is 0 Å². The molecule has 1 aromatic heterocycles. The van der Waals surface area contributed by atoms with Crippen molar-refractivity contribution in [3.63, 3.8) is 0 Å². The van der Waals surface area contributed by atoms with Gasteiger partial charge in [-0.1, -0.05) is 52.3 Å². The molecule has 0 saturated heterocycles. The van der Waals surface area contributed by atoms with Gasteiger partial charge in [-0.15, -0.1) is 0 Å². The molecular weight excluding hydrogens is 390 g/mol. The molecule has 0 aliphatic carbocycles. The van der Waals surface area contributed by atoms with Crippen molar-refractivity contribution >= 4 is 27.0 Å². The van der Waals surface area contributed by atoms with E-state index in [2.05, 4.69) is 20.9 Å². The van der Waals surface area contributed by atoms with Gasteiger partial charge in [0.25, 0.3) is 0 Å². The van der Waals surface area contributed by atoms with E-state index in [9.17, 15) is 5.11 Å². The molecule has 130 valence electrons. The van der Waals surface area contributed by atoms with Gasteiger partial charge in [0, 0.05) is 15.6 Å². The maximum absolute atomic E-state index is 10.6. The minimum Gasteiger partial charge on any atom is -0.435 e. The van der Waals surface area contributed by atoms with E-state index in [-0.39, 0.29) is 0 Å². The Morgan fingerprint density at radius 3 is 2.42 bits per heavy atom. The molecule has 3 nitrogen and oxygen atoms in total. The minimum absolute atomic E-state index is 0.591. The van der Waals surface area contributed by atoms with E-state index in [1.807, 2.05) is 66.7 Å². The summed E-state index contributed by atoms with van der Waals surface area (Å²) in [5, 5.41) is 10.6. The monoisotopic (exact) mass is 407 g/mol. The van der Waals surface area contributed by atoms with Gasteiger partial charge in [0.1, 0.15) is 5.52 Å². The smallest absolute Gasteiger partial charge is 0.227 e. The summed E-state index contributed by atoms with van der Waals surface area (Å²) in [6.45, 7) is 3.57. The van der Waals surface area contributed by atoms with Crippen LogP contribution in [0.3, 0.4) is 0 Å². The average molecular weight is 408 g/mol. The molecule has 0 radical (unpaired) electrons. The maximum Gasteiger partial charge on any atom is 0.227 e. The number of hydrogen-bond donors (Lipinski definition) is 1. The number of para-hydroxylation sites is 1. The molecule has 0 unspecified atom stereocenters. The van der Waals surface area contributed by atoms with E-state index < -0.39 is 5.60 Å². The summed E-state index contributed by atoms with van der Waals surface area (Å²) in [5.41, 5.74) is 4.15. The number of nitrogens with zero attached hydrogens (tertiary/aromatic N) is 1. The fraction of sp³-hybridized carbons (Fsp3) is 0.136. The zero-order valence-corrected chi connectivity index (χ0v) is 16.1. The minimum atomic E-state index is -0.972. The van der Waals surface area contributed by atoms with Crippen molar-refractivity contribution in [1.82, 2.24) is 4.98 Å². The molecule has 0 fully saturated rings. The van der Waals surface area contributed by atoms with Crippen LogP contribution in [0.2, 0.25) is 0 Å². The number of aromatic nitrogens is 1. The molecule has 4 aromatic rings. The Hall–Kier alpha value is -2.43. The van der Waals surface area contributed by atoms with Gasteiger partial charge < -0.3 is 9.52 Å². The summed E-state index contributed by atoms with van der Waals surface area (Å²) < 4.78 is 7.08.